The van der Waals surface area contributed by atoms with E-state index in [-0.39, 0.29) is 6.04 Å². The summed E-state index contributed by atoms with van der Waals surface area (Å²) in [5, 5.41) is 7.03. The molecule has 3 nitrogen and oxygen atoms in total. The molecule has 24 heavy (non-hydrogen) atoms. The van der Waals surface area contributed by atoms with Gasteiger partial charge in [0.15, 0.2) is 5.11 Å². The molecule has 0 heterocycles. The fraction of sp³-hybridized carbons (Fsp3) is 0.316. The summed E-state index contributed by atoms with van der Waals surface area (Å²) in [6.07, 6.45) is 0. The van der Waals surface area contributed by atoms with Gasteiger partial charge < -0.3 is 15.4 Å². The third-order valence-corrected chi connectivity index (χ3v) is 4.88. The summed E-state index contributed by atoms with van der Waals surface area (Å²) in [5.74, 6) is 0.883. The lowest BCUT2D eigenvalue weighted by Gasteiger charge is -2.18. The van der Waals surface area contributed by atoms with E-state index >= 15 is 0 Å². The van der Waals surface area contributed by atoms with Crippen LogP contribution in [0.3, 0.4) is 0 Å². The van der Waals surface area contributed by atoms with Crippen LogP contribution in [0.25, 0.3) is 0 Å². The highest BCUT2D eigenvalue weighted by Crippen LogP contribution is 2.20. The average molecular weight is 407 g/mol. The third-order valence-electron chi connectivity index (χ3n) is 3.77. The van der Waals surface area contributed by atoms with Crippen LogP contribution >= 0.6 is 28.1 Å². The molecule has 0 saturated heterocycles. The molecule has 5 heteroatoms. The van der Waals surface area contributed by atoms with Gasteiger partial charge in [-0.1, -0.05) is 22.0 Å². The second kappa shape index (κ2) is 8.49. The van der Waals surface area contributed by atoms with E-state index in [0.29, 0.717) is 11.7 Å². The predicted octanol–water partition coefficient (Wildman–Crippen LogP) is 5.13. The monoisotopic (exact) mass is 406 g/mol. The Bertz CT molecular complexity index is 733. The van der Waals surface area contributed by atoms with E-state index in [4.69, 9.17) is 17.0 Å². The fourth-order valence-electron chi connectivity index (χ4n) is 2.18. The van der Waals surface area contributed by atoms with Crippen molar-refractivity contribution in [3.05, 3.63) is 57.6 Å². The van der Waals surface area contributed by atoms with Crippen molar-refractivity contribution in [3.63, 3.8) is 0 Å². The Balaban J connectivity index is 1.82. The van der Waals surface area contributed by atoms with Crippen molar-refractivity contribution in [2.45, 2.75) is 33.7 Å². The molecule has 0 unspecified atom stereocenters. The van der Waals surface area contributed by atoms with E-state index in [1.807, 2.05) is 38.1 Å². The minimum absolute atomic E-state index is 0.100. The quantitative estimate of drug-likeness (QED) is 0.674. The molecule has 0 aliphatic rings. The highest BCUT2D eigenvalue weighted by Gasteiger charge is 2.07. The number of thiocarbonyl (C=S) groups is 1. The molecule has 0 spiro atoms. The van der Waals surface area contributed by atoms with Gasteiger partial charge in [0.25, 0.3) is 0 Å². The Kier molecular flexibility index (Phi) is 6.63. The number of nitrogens with one attached hydrogen (secondary N) is 2. The minimum Gasteiger partial charge on any atom is -0.491 e. The van der Waals surface area contributed by atoms with E-state index < -0.39 is 0 Å². The molecular weight excluding hydrogens is 384 g/mol. The van der Waals surface area contributed by atoms with Gasteiger partial charge in [-0.15, -0.1) is 0 Å². The molecule has 0 aliphatic heterocycles. The first-order valence-corrected chi connectivity index (χ1v) is 9.09. The number of halogens is 1. The van der Waals surface area contributed by atoms with Crippen LogP contribution in [0.1, 0.15) is 23.6 Å². The molecule has 2 N–H and O–H groups in total. The summed E-state index contributed by atoms with van der Waals surface area (Å²) >= 11 is 8.86. The molecule has 0 aromatic heterocycles. The molecule has 2 aromatic carbocycles. The van der Waals surface area contributed by atoms with Crippen LogP contribution in [0.5, 0.6) is 5.75 Å². The summed E-state index contributed by atoms with van der Waals surface area (Å²) in [6.45, 7) is 8.82. The molecule has 0 radical (unpaired) electrons. The van der Waals surface area contributed by atoms with E-state index in [9.17, 15) is 0 Å². The molecule has 0 fully saturated rings. The first-order valence-electron chi connectivity index (χ1n) is 7.89. The highest BCUT2D eigenvalue weighted by atomic mass is 79.9. The van der Waals surface area contributed by atoms with Crippen LogP contribution in [0.4, 0.5) is 5.69 Å². The lowest BCUT2D eigenvalue weighted by molar-refractivity contribution is 0.287. The molecule has 0 amide bonds. The van der Waals surface area contributed by atoms with Gasteiger partial charge in [-0.2, -0.15) is 0 Å². The van der Waals surface area contributed by atoms with Crippen LogP contribution in [0.15, 0.2) is 40.9 Å². The number of anilines is 1. The summed E-state index contributed by atoms with van der Waals surface area (Å²) in [6, 6.07) is 12.3. The maximum absolute atomic E-state index is 5.83. The first kappa shape index (κ1) is 18.7. The lowest BCUT2D eigenvalue weighted by Crippen LogP contribution is -2.39. The standard InChI is InChI=1S/C19H23BrN2OS/c1-12-5-7-17(10-13(12)2)23-11-15(4)21-19(24)22-16-6-8-18(20)14(3)9-16/h5-10,15H,11H2,1-4H3,(H2,21,22,24)/t15-/m0/s1. The van der Waals surface area contributed by atoms with Crippen molar-refractivity contribution in [3.8, 4) is 5.75 Å². The van der Waals surface area contributed by atoms with Gasteiger partial charge in [0, 0.05) is 10.2 Å². The van der Waals surface area contributed by atoms with Crippen LogP contribution < -0.4 is 15.4 Å². The van der Waals surface area contributed by atoms with E-state index in [0.717, 1.165) is 21.5 Å². The van der Waals surface area contributed by atoms with Crippen LogP contribution in [0, 0.1) is 20.8 Å². The van der Waals surface area contributed by atoms with Crippen molar-refractivity contribution in [2.75, 3.05) is 11.9 Å². The molecule has 128 valence electrons. The van der Waals surface area contributed by atoms with E-state index in [1.165, 1.54) is 11.1 Å². The van der Waals surface area contributed by atoms with Crippen molar-refractivity contribution in [1.29, 1.82) is 0 Å². The average Bonchev–Trinajstić information content (AvgIpc) is 2.52. The van der Waals surface area contributed by atoms with Gasteiger partial charge in [-0.25, -0.2) is 0 Å². The summed E-state index contributed by atoms with van der Waals surface area (Å²) in [7, 11) is 0. The normalized spacial score (nSPS) is 11.7. The van der Waals surface area contributed by atoms with E-state index in [2.05, 4.69) is 52.5 Å². The van der Waals surface area contributed by atoms with Gasteiger partial charge >= 0.3 is 0 Å². The minimum atomic E-state index is 0.100. The molecule has 0 aliphatic carbocycles. The van der Waals surface area contributed by atoms with Crippen molar-refractivity contribution < 1.29 is 4.74 Å². The molecule has 0 bridgehead atoms. The summed E-state index contributed by atoms with van der Waals surface area (Å²) in [5.41, 5.74) is 4.63. The van der Waals surface area contributed by atoms with Crippen LogP contribution in [-0.2, 0) is 0 Å². The SMILES string of the molecule is Cc1ccc(OC[C@H](C)NC(=S)Nc2ccc(Br)c(C)c2)cc1C. The van der Waals surface area contributed by atoms with Crippen molar-refractivity contribution in [1.82, 2.24) is 5.32 Å². The number of benzene rings is 2. The zero-order valence-electron chi connectivity index (χ0n) is 14.4. The zero-order chi connectivity index (χ0) is 17.7. The maximum atomic E-state index is 5.83. The molecular formula is C19H23BrN2OS. The third kappa shape index (κ3) is 5.49. The zero-order valence-corrected chi connectivity index (χ0v) is 16.8. The molecule has 0 saturated carbocycles. The fourth-order valence-corrected chi connectivity index (χ4v) is 2.75. The first-order chi connectivity index (χ1) is 11.3. The van der Waals surface area contributed by atoms with Crippen molar-refractivity contribution >= 4 is 38.9 Å². The smallest absolute Gasteiger partial charge is 0.171 e. The number of hydrogen-bond donors (Lipinski definition) is 2. The topological polar surface area (TPSA) is 33.3 Å². The number of rotatable bonds is 5. The number of aryl methyl sites for hydroxylation is 3. The summed E-state index contributed by atoms with van der Waals surface area (Å²) < 4.78 is 6.92. The maximum Gasteiger partial charge on any atom is 0.171 e. The van der Waals surface area contributed by atoms with Gasteiger partial charge in [0.2, 0.25) is 0 Å². The Hall–Kier alpha value is -1.59. The van der Waals surface area contributed by atoms with Gasteiger partial charge in [0.1, 0.15) is 12.4 Å². The van der Waals surface area contributed by atoms with Crippen LogP contribution in [0.2, 0.25) is 0 Å². The second-order valence-electron chi connectivity index (χ2n) is 6.02. The van der Waals surface area contributed by atoms with Gasteiger partial charge in [-0.3, -0.25) is 0 Å². The van der Waals surface area contributed by atoms with Gasteiger partial charge in [0.05, 0.1) is 6.04 Å². The number of hydrogen-bond acceptors (Lipinski definition) is 2. The van der Waals surface area contributed by atoms with Gasteiger partial charge in [-0.05, 0) is 86.9 Å². The number of ether oxygens (including phenoxy) is 1. The molecule has 2 aromatic rings. The highest BCUT2D eigenvalue weighted by molar-refractivity contribution is 9.10. The molecule has 1 atom stereocenters. The summed E-state index contributed by atoms with van der Waals surface area (Å²) in [4.78, 5) is 0. The Morgan fingerprint density at radius 1 is 1.08 bits per heavy atom. The molecule has 2 rings (SSSR count). The Labute approximate surface area is 157 Å². The Morgan fingerprint density at radius 2 is 1.83 bits per heavy atom. The van der Waals surface area contributed by atoms with Crippen molar-refractivity contribution in [2.24, 2.45) is 0 Å². The second-order valence-corrected chi connectivity index (χ2v) is 7.28. The predicted molar refractivity (Wildman–Crippen MR) is 109 cm³/mol. The van der Waals surface area contributed by atoms with Crippen LogP contribution in [-0.4, -0.2) is 17.8 Å². The largest absolute Gasteiger partial charge is 0.491 e. The van der Waals surface area contributed by atoms with E-state index in [1.54, 1.807) is 0 Å². The Morgan fingerprint density at radius 3 is 2.50 bits per heavy atom. The lowest BCUT2D eigenvalue weighted by atomic mass is 10.1.